The van der Waals surface area contributed by atoms with Crippen LogP contribution in [0.2, 0.25) is 0 Å². The van der Waals surface area contributed by atoms with Gasteiger partial charge in [0.25, 0.3) is 5.91 Å². The van der Waals surface area contributed by atoms with E-state index in [1.807, 2.05) is 23.9 Å². The lowest BCUT2D eigenvalue weighted by molar-refractivity contribution is 0.0776. The number of H-pyrrole nitrogens is 1. The minimum absolute atomic E-state index is 0.167. The molecule has 0 aliphatic heterocycles. The molecule has 0 saturated heterocycles. The molecule has 2 rings (SSSR count). The Kier molecular flexibility index (Phi) is 4.41. The summed E-state index contributed by atoms with van der Waals surface area (Å²) in [4.78, 5) is 13.8. The fraction of sp³-hybridized carbons (Fsp3) is 0.364. The molecular weight excluding hydrogens is 378 g/mol. The molecule has 1 N–H and O–H groups in total. The highest BCUT2D eigenvalue weighted by Gasteiger charge is 2.20. The lowest BCUT2D eigenvalue weighted by atomic mass is 10.3. The van der Waals surface area contributed by atoms with E-state index in [0.717, 1.165) is 12.2 Å². The van der Waals surface area contributed by atoms with Crippen molar-refractivity contribution in [3.63, 3.8) is 0 Å². The van der Waals surface area contributed by atoms with Crippen LogP contribution in [0.1, 0.15) is 23.1 Å². The number of carbonyl (C=O) groups excluding carboxylic acids is 1. The van der Waals surface area contributed by atoms with E-state index in [4.69, 9.17) is 0 Å². The molecule has 6 nitrogen and oxygen atoms in total. The van der Waals surface area contributed by atoms with Crippen molar-refractivity contribution in [3.8, 4) is 0 Å². The van der Waals surface area contributed by atoms with Crippen molar-refractivity contribution in [1.29, 1.82) is 0 Å². The van der Waals surface area contributed by atoms with Gasteiger partial charge in [-0.3, -0.25) is 14.6 Å². The van der Waals surface area contributed by atoms with Gasteiger partial charge in [-0.1, -0.05) is 0 Å². The molecule has 2 aromatic heterocycles. The summed E-state index contributed by atoms with van der Waals surface area (Å²) in [6.45, 7) is 3.28. The van der Waals surface area contributed by atoms with E-state index in [9.17, 15) is 4.79 Å². The average molecular weight is 391 g/mol. The van der Waals surface area contributed by atoms with Gasteiger partial charge < -0.3 is 4.90 Å². The first kappa shape index (κ1) is 14.3. The van der Waals surface area contributed by atoms with Crippen LogP contribution in [0.15, 0.2) is 21.3 Å². The number of rotatable bonds is 4. The zero-order valence-corrected chi connectivity index (χ0v) is 13.7. The van der Waals surface area contributed by atoms with Gasteiger partial charge in [-0.15, -0.1) is 0 Å². The monoisotopic (exact) mass is 389 g/mol. The highest BCUT2D eigenvalue weighted by atomic mass is 79.9. The summed E-state index contributed by atoms with van der Waals surface area (Å²) in [6, 6.07) is 1.91. The molecule has 0 radical (unpaired) electrons. The van der Waals surface area contributed by atoms with Crippen LogP contribution in [0.25, 0.3) is 0 Å². The number of nitrogens with one attached hydrogen (secondary N) is 1. The first-order valence-electron chi connectivity index (χ1n) is 5.70. The van der Waals surface area contributed by atoms with E-state index in [2.05, 4.69) is 47.2 Å². The SMILES string of the molecule is CCn1ccc(CN(C)C(=O)c2n[nH]c(Br)c2Br)n1. The van der Waals surface area contributed by atoms with Crippen LogP contribution in [-0.4, -0.2) is 37.8 Å². The Morgan fingerprint density at radius 3 is 2.79 bits per heavy atom. The molecule has 1 amide bonds. The maximum atomic E-state index is 12.2. The van der Waals surface area contributed by atoms with E-state index in [1.54, 1.807) is 11.9 Å². The normalized spacial score (nSPS) is 10.7. The van der Waals surface area contributed by atoms with Gasteiger partial charge in [-0.05, 0) is 44.8 Å². The Bertz CT molecular complexity index is 592. The van der Waals surface area contributed by atoms with Gasteiger partial charge in [-0.25, -0.2) is 0 Å². The molecule has 8 heteroatoms. The molecule has 0 unspecified atom stereocenters. The number of aryl methyl sites for hydroxylation is 1. The first-order chi connectivity index (χ1) is 9.02. The van der Waals surface area contributed by atoms with Crippen molar-refractivity contribution in [2.75, 3.05) is 7.05 Å². The molecule has 0 aliphatic carbocycles. The fourth-order valence-corrected chi connectivity index (χ4v) is 2.23. The summed E-state index contributed by atoms with van der Waals surface area (Å²) < 4.78 is 3.11. The van der Waals surface area contributed by atoms with E-state index in [1.165, 1.54) is 0 Å². The zero-order chi connectivity index (χ0) is 14.0. The lowest BCUT2D eigenvalue weighted by Gasteiger charge is -2.14. The van der Waals surface area contributed by atoms with Crippen LogP contribution in [0.3, 0.4) is 0 Å². The number of hydrogen-bond donors (Lipinski definition) is 1. The standard InChI is InChI=1S/C11H13Br2N5O/c1-3-18-5-4-7(16-18)6-17(2)11(19)9-8(12)10(13)15-14-9/h4-5H,3,6H2,1-2H3,(H,14,15). The molecular formula is C11H13Br2N5O. The number of aromatic amines is 1. The molecule has 2 heterocycles. The smallest absolute Gasteiger partial charge is 0.275 e. The fourth-order valence-electron chi connectivity index (χ4n) is 1.61. The van der Waals surface area contributed by atoms with E-state index < -0.39 is 0 Å². The molecule has 0 atom stereocenters. The van der Waals surface area contributed by atoms with Gasteiger partial charge in [0.1, 0.15) is 4.60 Å². The van der Waals surface area contributed by atoms with Gasteiger partial charge in [0.2, 0.25) is 0 Å². The summed E-state index contributed by atoms with van der Waals surface area (Å²) >= 11 is 6.57. The van der Waals surface area contributed by atoms with Crippen molar-refractivity contribution in [2.24, 2.45) is 0 Å². The van der Waals surface area contributed by atoms with Crippen LogP contribution in [0.5, 0.6) is 0 Å². The average Bonchev–Trinajstić information content (AvgIpc) is 2.97. The molecule has 19 heavy (non-hydrogen) atoms. The molecule has 0 aliphatic rings. The maximum absolute atomic E-state index is 12.2. The summed E-state index contributed by atoms with van der Waals surface area (Å²) in [5, 5.41) is 11.0. The summed E-state index contributed by atoms with van der Waals surface area (Å²) in [5.41, 5.74) is 1.20. The molecule has 102 valence electrons. The number of amides is 1. The number of carbonyl (C=O) groups is 1. The largest absolute Gasteiger partial charge is 0.334 e. The zero-order valence-electron chi connectivity index (χ0n) is 10.5. The third kappa shape index (κ3) is 3.06. The predicted octanol–water partition coefficient (Wildman–Crippen LogP) is 2.42. The minimum atomic E-state index is -0.167. The summed E-state index contributed by atoms with van der Waals surface area (Å²) in [5.74, 6) is -0.167. The molecule has 0 bridgehead atoms. The van der Waals surface area contributed by atoms with Gasteiger partial charge in [0.05, 0.1) is 16.7 Å². The third-order valence-corrected chi connectivity index (χ3v) is 4.51. The van der Waals surface area contributed by atoms with Crippen LogP contribution < -0.4 is 0 Å². The Morgan fingerprint density at radius 1 is 1.53 bits per heavy atom. The highest BCUT2D eigenvalue weighted by Crippen LogP contribution is 2.24. The number of nitrogens with zero attached hydrogens (tertiary/aromatic N) is 4. The molecule has 2 aromatic rings. The molecule has 0 aromatic carbocycles. The maximum Gasteiger partial charge on any atom is 0.275 e. The molecule has 0 saturated carbocycles. The van der Waals surface area contributed by atoms with Crippen molar-refractivity contribution in [3.05, 3.63) is 32.7 Å². The van der Waals surface area contributed by atoms with Gasteiger partial charge in [0.15, 0.2) is 5.69 Å². The van der Waals surface area contributed by atoms with Crippen LogP contribution in [0, 0.1) is 0 Å². The van der Waals surface area contributed by atoms with Crippen LogP contribution in [-0.2, 0) is 13.1 Å². The summed E-state index contributed by atoms with van der Waals surface area (Å²) in [7, 11) is 1.72. The first-order valence-corrected chi connectivity index (χ1v) is 7.28. The van der Waals surface area contributed by atoms with Crippen molar-refractivity contribution >= 4 is 37.8 Å². The highest BCUT2D eigenvalue weighted by molar-refractivity contribution is 9.13. The second-order valence-electron chi connectivity index (χ2n) is 4.02. The Hall–Kier alpha value is -1.15. The second-order valence-corrected chi connectivity index (χ2v) is 5.61. The van der Waals surface area contributed by atoms with Crippen LogP contribution >= 0.6 is 31.9 Å². The summed E-state index contributed by atoms with van der Waals surface area (Å²) in [6.07, 6.45) is 1.90. The van der Waals surface area contributed by atoms with Crippen molar-refractivity contribution in [2.45, 2.75) is 20.0 Å². The Balaban J connectivity index is 2.09. The second kappa shape index (κ2) is 5.87. The number of aromatic nitrogens is 4. The predicted molar refractivity (Wildman–Crippen MR) is 77.7 cm³/mol. The number of hydrogen-bond acceptors (Lipinski definition) is 3. The van der Waals surface area contributed by atoms with E-state index in [-0.39, 0.29) is 5.91 Å². The van der Waals surface area contributed by atoms with Gasteiger partial charge in [-0.2, -0.15) is 10.2 Å². The van der Waals surface area contributed by atoms with Crippen molar-refractivity contribution < 1.29 is 4.79 Å². The Labute approximate surface area is 127 Å². The quantitative estimate of drug-likeness (QED) is 0.871. The molecule has 0 spiro atoms. The van der Waals surface area contributed by atoms with Gasteiger partial charge in [0, 0.05) is 19.8 Å². The number of halogens is 2. The van der Waals surface area contributed by atoms with E-state index >= 15 is 0 Å². The van der Waals surface area contributed by atoms with Gasteiger partial charge >= 0.3 is 0 Å². The van der Waals surface area contributed by atoms with Crippen molar-refractivity contribution in [1.82, 2.24) is 24.9 Å². The van der Waals surface area contributed by atoms with E-state index in [0.29, 0.717) is 21.3 Å². The topological polar surface area (TPSA) is 66.8 Å². The Morgan fingerprint density at radius 2 is 2.26 bits per heavy atom. The minimum Gasteiger partial charge on any atom is -0.334 e. The lowest BCUT2D eigenvalue weighted by Crippen LogP contribution is -2.27. The molecule has 0 fully saturated rings. The third-order valence-electron chi connectivity index (χ3n) is 2.63. The van der Waals surface area contributed by atoms with Crippen LogP contribution in [0.4, 0.5) is 0 Å².